The van der Waals surface area contributed by atoms with Gasteiger partial charge in [0.2, 0.25) is 10.0 Å². The van der Waals surface area contributed by atoms with E-state index in [1.165, 1.54) is 6.33 Å². The zero-order valence-corrected chi connectivity index (χ0v) is 19.6. The third kappa shape index (κ3) is 4.58. The summed E-state index contributed by atoms with van der Waals surface area (Å²) in [6.45, 7) is 9.72. The molecule has 0 radical (unpaired) electrons. The van der Waals surface area contributed by atoms with Crippen LogP contribution in [0.4, 0.5) is 17.5 Å². The summed E-state index contributed by atoms with van der Waals surface area (Å²) < 4.78 is 28.1. The Kier molecular flexibility index (Phi) is 6.12. The second kappa shape index (κ2) is 8.84. The molecule has 4 rings (SSSR count). The number of benzene rings is 1. The van der Waals surface area contributed by atoms with Crippen LogP contribution in [0.1, 0.15) is 22.3 Å². The van der Waals surface area contributed by atoms with Gasteiger partial charge < -0.3 is 10.2 Å². The molecule has 32 heavy (non-hydrogen) atoms. The Labute approximate surface area is 189 Å². The van der Waals surface area contributed by atoms with Gasteiger partial charge in [-0.25, -0.2) is 23.4 Å². The zero-order chi connectivity index (χ0) is 22.9. The SMILES string of the molecule is Cc1ccnc(Nc2cc(N3CCN(S(=O)(=O)c4cc(C)c(C)cc4C)CC3)ncn2)c1. The van der Waals surface area contributed by atoms with Crippen molar-refractivity contribution in [3.8, 4) is 0 Å². The lowest BCUT2D eigenvalue weighted by molar-refractivity contribution is 0.383. The third-order valence-corrected chi connectivity index (χ3v) is 7.84. The third-order valence-electron chi connectivity index (χ3n) is 5.80. The molecule has 1 aliphatic heterocycles. The Hall–Kier alpha value is -3.04. The van der Waals surface area contributed by atoms with E-state index in [1.807, 2.05) is 52.0 Å². The zero-order valence-electron chi connectivity index (χ0n) is 18.8. The Bertz CT molecular complexity index is 1240. The van der Waals surface area contributed by atoms with E-state index in [9.17, 15) is 8.42 Å². The molecule has 9 heteroatoms. The first-order valence-electron chi connectivity index (χ1n) is 10.6. The summed E-state index contributed by atoms with van der Waals surface area (Å²) in [5, 5.41) is 3.20. The molecule has 3 heterocycles. The predicted molar refractivity (Wildman–Crippen MR) is 126 cm³/mol. The molecule has 3 aromatic rings. The first kappa shape index (κ1) is 22.2. The molecule has 0 saturated carbocycles. The number of nitrogens with one attached hydrogen (secondary N) is 1. The molecule has 1 saturated heterocycles. The van der Waals surface area contributed by atoms with Gasteiger partial charge in [0.1, 0.15) is 23.8 Å². The number of rotatable bonds is 5. The van der Waals surface area contributed by atoms with Crippen LogP contribution in [0.15, 0.2) is 47.8 Å². The first-order valence-corrected chi connectivity index (χ1v) is 12.0. The summed E-state index contributed by atoms with van der Waals surface area (Å²) in [6.07, 6.45) is 3.26. The molecule has 1 aromatic carbocycles. The fraction of sp³-hybridized carbons (Fsp3) is 0.348. The summed E-state index contributed by atoms with van der Waals surface area (Å²) >= 11 is 0. The fourth-order valence-electron chi connectivity index (χ4n) is 3.83. The van der Waals surface area contributed by atoms with Gasteiger partial charge in [0.05, 0.1) is 4.90 Å². The smallest absolute Gasteiger partial charge is 0.243 e. The van der Waals surface area contributed by atoms with Crippen LogP contribution in [-0.4, -0.2) is 53.9 Å². The highest BCUT2D eigenvalue weighted by atomic mass is 32.2. The van der Waals surface area contributed by atoms with E-state index in [1.54, 1.807) is 16.6 Å². The van der Waals surface area contributed by atoms with E-state index in [0.717, 1.165) is 28.1 Å². The van der Waals surface area contributed by atoms with Crippen molar-refractivity contribution in [1.82, 2.24) is 19.3 Å². The van der Waals surface area contributed by atoms with Crippen LogP contribution < -0.4 is 10.2 Å². The van der Waals surface area contributed by atoms with Crippen molar-refractivity contribution >= 4 is 27.5 Å². The second-order valence-corrected chi connectivity index (χ2v) is 10.1. The maximum Gasteiger partial charge on any atom is 0.243 e. The summed E-state index contributed by atoms with van der Waals surface area (Å²) in [5.74, 6) is 2.12. The Morgan fingerprint density at radius 3 is 2.22 bits per heavy atom. The van der Waals surface area contributed by atoms with Crippen LogP contribution in [0.2, 0.25) is 0 Å². The lowest BCUT2D eigenvalue weighted by atomic mass is 10.1. The standard InChI is InChI=1S/C23H28N6O2S/c1-16-5-6-24-21(11-16)27-22-14-23(26-15-25-22)28-7-9-29(10-8-28)32(30,31)20-13-18(3)17(2)12-19(20)4/h5-6,11-15H,7-10H2,1-4H3,(H,24,25,26,27). The van der Waals surface area contributed by atoms with Crippen molar-refractivity contribution in [2.45, 2.75) is 32.6 Å². The minimum Gasteiger partial charge on any atom is -0.354 e. The van der Waals surface area contributed by atoms with Crippen molar-refractivity contribution in [3.05, 3.63) is 65.1 Å². The van der Waals surface area contributed by atoms with Gasteiger partial charge in [0.15, 0.2) is 0 Å². The summed E-state index contributed by atoms with van der Waals surface area (Å²) in [6, 6.07) is 9.47. The maximum atomic E-state index is 13.3. The predicted octanol–water partition coefficient (Wildman–Crippen LogP) is 3.36. The van der Waals surface area contributed by atoms with E-state index in [0.29, 0.717) is 42.7 Å². The van der Waals surface area contributed by atoms with Crippen LogP contribution in [-0.2, 0) is 10.0 Å². The van der Waals surface area contributed by atoms with Crippen molar-refractivity contribution in [2.24, 2.45) is 0 Å². The van der Waals surface area contributed by atoms with Crippen molar-refractivity contribution in [1.29, 1.82) is 0 Å². The molecule has 0 aliphatic carbocycles. The van der Waals surface area contributed by atoms with Gasteiger partial charge in [0.25, 0.3) is 0 Å². The van der Waals surface area contributed by atoms with Gasteiger partial charge in [-0.1, -0.05) is 6.07 Å². The van der Waals surface area contributed by atoms with Crippen LogP contribution >= 0.6 is 0 Å². The molecule has 168 valence electrons. The molecular weight excluding hydrogens is 424 g/mol. The monoisotopic (exact) mass is 452 g/mol. The normalized spacial score (nSPS) is 15.1. The minimum absolute atomic E-state index is 0.397. The molecule has 1 N–H and O–H groups in total. The summed E-state index contributed by atoms with van der Waals surface area (Å²) in [4.78, 5) is 15.5. The summed E-state index contributed by atoms with van der Waals surface area (Å²) in [5.41, 5.74) is 3.97. The molecule has 0 bridgehead atoms. The highest BCUT2D eigenvalue weighted by molar-refractivity contribution is 7.89. The number of anilines is 3. The molecule has 1 aliphatic rings. The second-order valence-electron chi connectivity index (χ2n) is 8.20. The molecule has 8 nitrogen and oxygen atoms in total. The Morgan fingerprint density at radius 1 is 0.812 bits per heavy atom. The average molecular weight is 453 g/mol. The van der Waals surface area contributed by atoms with E-state index < -0.39 is 10.0 Å². The molecule has 0 unspecified atom stereocenters. The summed E-state index contributed by atoms with van der Waals surface area (Å²) in [7, 11) is -3.54. The lowest BCUT2D eigenvalue weighted by Gasteiger charge is -2.35. The van der Waals surface area contributed by atoms with Crippen LogP contribution in [0.25, 0.3) is 0 Å². The number of hydrogen-bond donors (Lipinski definition) is 1. The number of aryl methyl sites for hydroxylation is 4. The maximum absolute atomic E-state index is 13.3. The van der Waals surface area contributed by atoms with Crippen LogP contribution in [0.5, 0.6) is 0 Å². The quantitative estimate of drug-likeness (QED) is 0.635. The Morgan fingerprint density at radius 2 is 1.50 bits per heavy atom. The van der Waals surface area contributed by atoms with Gasteiger partial charge in [0, 0.05) is 38.4 Å². The fourth-order valence-corrected chi connectivity index (χ4v) is 5.55. The molecule has 0 spiro atoms. The van der Waals surface area contributed by atoms with Gasteiger partial charge >= 0.3 is 0 Å². The van der Waals surface area contributed by atoms with Gasteiger partial charge in [-0.2, -0.15) is 4.31 Å². The van der Waals surface area contributed by atoms with Crippen LogP contribution in [0, 0.1) is 27.7 Å². The highest BCUT2D eigenvalue weighted by Crippen LogP contribution is 2.26. The van der Waals surface area contributed by atoms with Gasteiger partial charge in [-0.05, 0) is 68.1 Å². The highest BCUT2D eigenvalue weighted by Gasteiger charge is 2.30. The van der Waals surface area contributed by atoms with Crippen molar-refractivity contribution in [3.63, 3.8) is 0 Å². The van der Waals surface area contributed by atoms with Gasteiger partial charge in [-0.15, -0.1) is 0 Å². The number of nitrogens with zero attached hydrogens (tertiary/aromatic N) is 5. The molecule has 0 amide bonds. The lowest BCUT2D eigenvalue weighted by Crippen LogP contribution is -2.49. The van der Waals surface area contributed by atoms with Crippen molar-refractivity contribution in [2.75, 3.05) is 36.4 Å². The largest absolute Gasteiger partial charge is 0.354 e. The minimum atomic E-state index is -3.54. The van der Waals surface area contributed by atoms with Crippen molar-refractivity contribution < 1.29 is 8.42 Å². The molecular formula is C23H28N6O2S. The number of sulfonamides is 1. The Balaban J connectivity index is 1.46. The number of pyridine rings is 1. The topological polar surface area (TPSA) is 91.3 Å². The molecule has 0 atom stereocenters. The number of aromatic nitrogens is 3. The first-order chi connectivity index (χ1) is 15.2. The van der Waals surface area contributed by atoms with E-state index in [-0.39, 0.29) is 0 Å². The van der Waals surface area contributed by atoms with E-state index in [4.69, 9.17) is 0 Å². The molecule has 1 fully saturated rings. The van der Waals surface area contributed by atoms with E-state index >= 15 is 0 Å². The van der Waals surface area contributed by atoms with Crippen LogP contribution in [0.3, 0.4) is 0 Å². The van der Waals surface area contributed by atoms with Gasteiger partial charge in [-0.3, -0.25) is 0 Å². The number of hydrogen-bond acceptors (Lipinski definition) is 7. The van der Waals surface area contributed by atoms with E-state index in [2.05, 4.69) is 25.2 Å². The number of piperazine rings is 1. The molecule has 2 aromatic heterocycles. The average Bonchev–Trinajstić information content (AvgIpc) is 2.76.